The maximum atomic E-state index is 5.34. The molecule has 1 rings (SSSR count). The van der Waals surface area contributed by atoms with Crippen molar-refractivity contribution in [2.24, 2.45) is 22.2 Å². The monoisotopic (exact) mass is 198 g/mol. The SMILES string of the molecule is CCCNC(=NCC1CC1(C)C)NN. The van der Waals surface area contributed by atoms with Gasteiger partial charge in [-0.15, -0.1) is 0 Å². The second-order valence-electron chi connectivity index (χ2n) is 4.65. The van der Waals surface area contributed by atoms with Crippen LogP contribution in [0.5, 0.6) is 0 Å². The molecule has 0 spiro atoms. The van der Waals surface area contributed by atoms with Crippen molar-refractivity contribution in [3.05, 3.63) is 0 Å². The Morgan fingerprint density at radius 2 is 2.21 bits per heavy atom. The summed E-state index contributed by atoms with van der Waals surface area (Å²) in [6, 6.07) is 0. The van der Waals surface area contributed by atoms with Gasteiger partial charge in [-0.3, -0.25) is 10.4 Å². The Bertz CT molecular complexity index is 210. The van der Waals surface area contributed by atoms with Crippen LogP contribution in [0.1, 0.15) is 33.6 Å². The highest BCUT2D eigenvalue weighted by Gasteiger charge is 2.45. The lowest BCUT2D eigenvalue weighted by atomic mass is 10.1. The first kappa shape index (κ1) is 11.3. The van der Waals surface area contributed by atoms with Crippen LogP contribution < -0.4 is 16.6 Å². The van der Waals surface area contributed by atoms with E-state index < -0.39 is 0 Å². The summed E-state index contributed by atoms with van der Waals surface area (Å²) in [5.41, 5.74) is 3.08. The van der Waals surface area contributed by atoms with Crippen LogP contribution in [0.3, 0.4) is 0 Å². The van der Waals surface area contributed by atoms with Crippen molar-refractivity contribution in [2.75, 3.05) is 13.1 Å². The molecule has 14 heavy (non-hydrogen) atoms. The van der Waals surface area contributed by atoms with Crippen molar-refractivity contribution in [3.8, 4) is 0 Å². The molecule has 0 bridgehead atoms. The lowest BCUT2D eigenvalue weighted by Crippen LogP contribution is -2.42. The van der Waals surface area contributed by atoms with E-state index in [1.54, 1.807) is 0 Å². The number of rotatable bonds is 4. The minimum absolute atomic E-state index is 0.494. The Morgan fingerprint density at radius 3 is 2.64 bits per heavy atom. The van der Waals surface area contributed by atoms with Gasteiger partial charge >= 0.3 is 0 Å². The molecule has 0 amide bonds. The second-order valence-corrected chi connectivity index (χ2v) is 4.65. The van der Waals surface area contributed by atoms with Crippen LogP contribution in [0.4, 0.5) is 0 Å². The van der Waals surface area contributed by atoms with Gasteiger partial charge in [-0.2, -0.15) is 0 Å². The fourth-order valence-electron chi connectivity index (χ4n) is 1.49. The van der Waals surface area contributed by atoms with E-state index >= 15 is 0 Å². The third-order valence-corrected chi connectivity index (χ3v) is 2.87. The van der Waals surface area contributed by atoms with Crippen molar-refractivity contribution >= 4 is 5.96 Å². The fraction of sp³-hybridized carbons (Fsp3) is 0.900. The molecule has 0 aromatic heterocycles. The third-order valence-electron chi connectivity index (χ3n) is 2.87. The molecule has 1 aliphatic carbocycles. The van der Waals surface area contributed by atoms with Crippen molar-refractivity contribution < 1.29 is 0 Å². The summed E-state index contributed by atoms with van der Waals surface area (Å²) >= 11 is 0. The molecular weight excluding hydrogens is 176 g/mol. The maximum Gasteiger partial charge on any atom is 0.205 e. The van der Waals surface area contributed by atoms with Gasteiger partial charge in [-0.25, -0.2) is 5.84 Å². The zero-order valence-electron chi connectivity index (χ0n) is 9.43. The van der Waals surface area contributed by atoms with Crippen molar-refractivity contribution in [1.82, 2.24) is 10.7 Å². The molecular formula is C10H22N4. The van der Waals surface area contributed by atoms with Gasteiger partial charge in [0.1, 0.15) is 0 Å². The smallest absolute Gasteiger partial charge is 0.205 e. The van der Waals surface area contributed by atoms with E-state index in [1.807, 2.05) is 0 Å². The molecule has 1 saturated carbocycles. The fourth-order valence-corrected chi connectivity index (χ4v) is 1.49. The van der Waals surface area contributed by atoms with Gasteiger partial charge in [0.25, 0.3) is 0 Å². The molecule has 0 saturated heterocycles. The standard InChI is InChI=1S/C10H22N4/c1-4-5-12-9(14-11)13-7-8-6-10(8,2)3/h8H,4-7,11H2,1-3H3,(H2,12,13,14). The minimum atomic E-state index is 0.494. The molecule has 0 aromatic rings. The van der Waals surface area contributed by atoms with E-state index in [4.69, 9.17) is 5.84 Å². The van der Waals surface area contributed by atoms with E-state index in [2.05, 4.69) is 36.5 Å². The predicted octanol–water partition coefficient (Wildman–Crippen LogP) is 0.851. The largest absolute Gasteiger partial charge is 0.355 e. The summed E-state index contributed by atoms with van der Waals surface area (Å²) in [6.45, 7) is 8.47. The zero-order valence-corrected chi connectivity index (χ0v) is 9.43. The third kappa shape index (κ3) is 3.18. The van der Waals surface area contributed by atoms with E-state index in [0.29, 0.717) is 5.41 Å². The van der Waals surface area contributed by atoms with Gasteiger partial charge < -0.3 is 5.32 Å². The van der Waals surface area contributed by atoms with Gasteiger partial charge in [0.15, 0.2) is 0 Å². The summed E-state index contributed by atoms with van der Waals surface area (Å²) in [5, 5.41) is 3.14. The summed E-state index contributed by atoms with van der Waals surface area (Å²) in [6.07, 6.45) is 2.36. The molecule has 4 nitrogen and oxygen atoms in total. The zero-order chi connectivity index (χ0) is 10.6. The quantitative estimate of drug-likeness (QED) is 0.272. The Morgan fingerprint density at radius 1 is 1.57 bits per heavy atom. The van der Waals surface area contributed by atoms with Crippen LogP contribution >= 0.6 is 0 Å². The van der Waals surface area contributed by atoms with Gasteiger partial charge in [0.05, 0.1) is 0 Å². The van der Waals surface area contributed by atoms with Crippen LogP contribution in [0.2, 0.25) is 0 Å². The minimum Gasteiger partial charge on any atom is -0.355 e. The number of guanidine groups is 1. The van der Waals surface area contributed by atoms with E-state index in [0.717, 1.165) is 31.4 Å². The Hall–Kier alpha value is -0.770. The number of hydrogen-bond acceptors (Lipinski definition) is 2. The molecule has 0 aliphatic heterocycles. The Balaban J connectivity index is 2.26. The molecule has 0 heterocycles. The molecule has 4 heteroatoms. The van der Waals surface area contributed by atoms with Crippen LogP contribution in [0.25, 0.3) is 0 Å². The van der Waals surface area contributed by atoms with Crippen molar-refractivity contribution in [1.29, 1.82) is 0 Å². The van der Waals surface area contributed by atoms with Crippen LogP contribution in [-0.2, 0) is 0 Å². The van der Waals surface area contributed by atoms with Crippen LogP contribution in [0.15, 0.2) is 4.99 Å². The molecule has 0 radical (unpaired) electrons. The lowest BCUT2D eigenvalue weighted by molar-refractivity contribution is 0.564. The number of aliphatic imine (C=N–C) groups is 1. The van der Waals surface area contributed by atoms with Crippen molar-refractivity contribution in [3.63, 3.8) is 0 Å². The number of nitrogens with one attached hydrogen (secondary N) is 2. The highest BCUT2D eigenvalue weighted by molar-refractivity contribution is 5.79. The molecule has 1 atom stereocenters. The van der Waals surface area contributed by atoms with E-state index in [-0.39, 0.29) is 0 Å². The van der Waals surface area contributed by atoms with Gasteiger partial charge in [0.2, 0.25) is 5.96 Å². The summed E-state index contributed by atoms with van der Waals surface area (Å²) in [5.74, 6) is 6.79. The first-order valence-electron chi connectivity index (χ1n) is 5.35. The van der Waals surface area contributed by atoms with E-state index in [1.165, 1.54) is 6.42 Å². The van der Waals surface area contributed by atoms with Crippen LogP contribution in [0, 0.1) is 11.3 Å². The molecule has 82 valence electrons. The molecule has 1 unspecified atom stereocenters. The topological polar surface area (TPSA) is 62.4 Å². The maximum absolute atomic E-state index is 5.34. The highest BCUT2D eigenvalue weighted by Crippen LogP contribution is 2.51. The van der Waals surface area contributed by atoms with Gasteiger partial charge in [0, 0.05) is 13.1 Å². The predicted molar refractivity (Wildman–Crippen MR) is 59.8 cm³/mol. The average Bonchev–Trinajstić information content (AvgIpc) is 2.75. The lowest BCUT2D eigenvalue weighted by Gasteiger charge is -2.07. The van der Waals surface area contributed by atoms with Gasteiger partial charge in [-0.05, 0) is 24.2 Å². The molecule has 4 N–H and O–H groups in total. The first-order valence-corrected chi connectivity index (χ1v) is 5.35. The summed E-state index contributed by atoms with van der Waals surface area (Å²) in [4.78, 5) is 4.41. The number of nitrogens with two attached hydrogens (primary N) is 1. The molecule has 1 fully saturated rings. The number of hydrogen-bond donors (Lipinski definition) is 3. The van der Waals surface area contributed by atoms with E-state index in [9.17, 15) is 0 Å². The molecule has 1 aliphatic rings. The average molecular weight is 198 g/mol. The van der Waals surface area contributed by atoms with Gasteiger partial charge in [-0.1, -0.05) is 20.8 Å². The Labute approximate surface area is 86.3 Å². The molecule has 0 aromatic carbocycles. The second kappa shape index (κ2) is 4.64. The highest BCUT2D eigenvalue weighted by atomic mass is 15.3. The summed E-state index contributed by atoms with van der Waals surface area (Å²) in [7, 11) is 0. The van der Waals surface area contributed by atoms with Crippen LogP contribution in [-0.4, -0.2) is 19.0 Å². The first-order chi connectivity index (χ1) is 6.60. The Kier molecular flexibility index (Phi) is 3.75. The number of nitrogens with zero attached hydrogens (tertiary/aromatic N) is 1. The number of hydrazine groups is 1. The van der Waals surface area contributed by atoms with Crippen molar-refractivity contribution in [2.45, 2.75) is 33.6 Å². The normalized spacial score (nSPS) is 24.6. The summed E-state index contributed by atoms with van der Waals surface area (Å²) < 4.78 is 0.